The fourth-order valence-electron chi connectivity index (χ4n) is 7.02. The lowest BCUT2D eigenvalue weighted by Gasteiger charge is -2.56. The molecule has 0 aromatic rings. The van der Waals surface area contributed by atoms with Crippen molar-refractivity contribution in [2.75, 3.05) is 0 Å². The number of ketones is 1. The largest absolute Gasteiger partial charge is 0.461 e. The van der Waals surface area contributed by atoms with Gasteiger partial charge >= 0.3 is 11.9 Å². The van der Waals surface area contributed by atoms with Gasteiger partial charge in [0.05, 0.1) is 5.92 Å². The molecule has 1 spiro atoms. The Morgan fingerprint density at radius 3 is 2.68 bits per heavy atom. The number of ether oxygens (including phenoxy) is 2. The molecule has 0 N–H and O–H groups in total. The summed E-state index contributed by atoms with van der Waals surface area (Å²) >= 11 is 0. The van der Waals surface area contributed by atoms with Crippen molar-refractivity contribution in [1.82, 2.24) is 0 Å². The predicted molar refractivity (Wildman–Crippen MR) is 101 cm³/mol. The molecule has 152 valence electrons. The average Bonchev–Trinajstić information content (AvgIpc) is 2.95. The lowest BCUT2D eigenvalue weighted by Crippen LogP contribution is -2.62. The molecule has 0 unspecified atom stereocenters. The number of esters is 2. The van der Waals surface area contributed by atoms with Gasteiger partial charge in [0.15, 0.2) is 5.78 Å². The van der Waals surface area contributed by atoms with Crippen molar-refractivity contribution < 1.29 is 23.9 Å². The van der Waals surface area contributed by atoms with Crippen molar-refractivity contribution in [1.29, 1.82) is 0 Å². The number of allylic oxidation sites excluding steroid dienone is 1. The molecule has 0 radical (unpaired) electrons. The van der Waals surface area contributed by atoms with E-state index in [-0.39, 0.29) is 47.7 Å². The van der Waals surface area contributed by atoms with Crippen molar-refractivity contribution in [2.45, 2.75) is 65.1 Å². The Bertz CT molecular complexity index is 734. The minimum absolute atomic E-state index is 0.0999. The molecule has 0 aromatic heterocycles. The minimum Gasteiger partial charge on any atom is -0.461 e. The van der Waals surface area contributed by atoms with Crippen LogP contribution in [0.2, 0.25) is 0 Å². The van der Waals surface area contributed by atoms with E-state index in [1.807, 2.05) is 13.8 Å². The van der Waals surface area contributed by atoms with Gasteiger partial charge in [-0.25, -0.2) is 0 Å². The maximum atomic E-state index is 12.9. The molecule has 2 heterocycles. The molecular weight excluding hydrogens is 356 g/mol. The Kier molecular flexibility index (Phi) is 4.05. The summed E-state index contributed by atoms with van der Waals surface area (Å²) in [7, 11) is 0. The van der Waals surface area contributed by atoms with Gasteiger partial charge in [-0.1, -0.05) is 32.9 Å². The summed E-state index contributed by atoms with van der Waals surface area (Å²) in [5.41, 5.74) is -0.901. The van der Waals surface area contributed by atoms with E-state index in [0.717, 1.165) is 19.3 Å². The highest BCUT2D eigenvalue weighted by Crippen LogP contribution is 2.61. The monoisotopic (exact) mass is 386 g/mol. The third-order valence-corrected chi connectivity index (χ3v) is 8.39. The van der Waals surface area contributed by atoms with Crippen molar-refractivity contribution in [2.24, 2.45) is 46.8 Å². The molecule has 0 amide bonds. The lowest BCUT2D eigenvalue weighted by atomic mass is 9.49. The zero-order chi connectivity index (χ0) is 19.8. The van der Waals surface area contributed by atoms with Crippen LogP contribution in [0.1, 0.15) is 52.9 Å². The molecule has 0 aromatic carbocycles. The number of carbonyl (C=O) groups excluding carboxylic acids is 3. The van der Waals surface area contributed by atoms with E-state index in [2.05, 4.69) is 19.1 Å². The van der Waals surface area contributed by atoms with Gasteiger partial charge in [-0.3, -0.25) is 14.4 Å². The van der Waals surface area contributed by atoms with Crippen LogP contribution < -0.4 is 0 Å². The molecule has 4 aliphatic carbocycles. The van der Waals surface area contributed by atoms with Gasteiger partial charge in [0.25, 0.3) is 0 Å². The Labute approximate surface area is 166 Å². The highest BCUT2D eigenvalue weighted by molar-refractivity contribution is 6.07. The molecule has 2 saturated heterocycles. The van der Waals surface area contributed by atoms with Crippen molar-refractivity contribution in [3.63, 3.8) is 0 Å². The first-order valence-corrected chi connectivity index (χ1v) is 10.9. The topological polar surface area (TPSA) is 69.7 Å². The van der Waals surface area contributed by atoms with Crippen LogP contribution in [0.15, 0.2) is 12.2 Å². The van der Waals surface area contributed by atoms with Crippen molar-refractivity contribution in [3.8, 4) is 0 Å². The lowest BCUT2D eigenvalue weighted by molar-refractivity contribution is -0.202. The van der Waals surface area contributed by atoms with Crippen molar-refractivity contribution in [3.05, 3.63) is 12.2 Å². The summed E-state index contributed by atoms with van der Waals surface area (Å²) < 4.78 is 11.5. The smallest absolute Gasteiger partial charge is 0.320 e. The Morgan fingerprint density at radius 1 is 1.18 bits per heavy atom. The van der Waals surface area contributed by atoms with Crippen LogP contribution >= 0.6 is 0 Å². The maximum Gasteiger partial charge on any atom is 0.320 e. The fraction of sp³-hybridized carbons (Fsp3) is 0.783. The Balaban J connectivity index is 1.44. The summed E-state index contributed by atoms with van der Waals surface area (Å²) in [6, 6.07) is 0. The molecule has 2 bridgehead atoms. The Hall–Kier alpha value is -1.65. The molecular formula is C23H30O5. The molecule has 28 heavy (non-hydrogen) atoms. The van der Waals surface area contributed by atoms with E-state index in [9.17, 15) is 14.4 Å². The fourth-order valence-corrected chi connectivity index (χ4v) is 7.02. The number of fused-ring (bicyclic) bond motifs is 5. The molecule has 9 atom stereocenters. The molecule has 6 rings (SSSR count). The van der Waals surface area contributed by atoms with Gasteiger partial charge < -0.3 is 9.47 Å². The maximum absolute atomic E-state index is 12.9. The van der Waals surface area contributed by atoms with Gasteiger partial charge in [0.2, 0.25) is 0 Å². The first-order valence-electron chi connectivity index (χ1n) is 10.9. The van der Waals surface area contributed by atoms with Gasteiger partial charge in [0.1, 0.15) is 17.6 Å². The van der Waals surface area contributed by atoms with E-state index in [1.54, 1.807) is 0 Å². The molecule has 2 aliphatic heterocycles. The summed E-state index contributed by atoms with van der Waals surface area (Å²) in [5, 5.41) is 0. The second-order valence-corrected chi connectivity index (χ2v) is 10.2. The molecule has 5 nitrogen and oxygen atoms in total. The average molecular weight is 386 g/mol. The van der Waals surface area contributed by atoms with E-state index in [4.69, 9.17) is 9.47 Å². The number of hydrogen-bond acceptors (Lipinski definition) is 5. The first-order chi connectivity index (χ1) is 13.3. The van der Waals surface area contributed by atoms with E-state index in [0.29, 0.717) is 36.5 Å². The molecule has 3 saturated carbocycles. The van der Waals surface area contributed by atoms with E-state index < -0.39 is 5.41 Å². The van der Waals surface area contributed by atoms with Crippen LogP contribution in [0.25, 0.3) is 0 Å². The van der Waals surface area contributed by atoms with Crippen LogP contribution in [0.3, 0.4) is 0 Å². The first kappa shape index (κ1) is 18.4. The predicted octanol–water partition coefficient (Wildman–Crippen LogP) is 3.31. The SMILES string of the molecule is CC(C)C(=O)O[C@H]1[C@@H]2C=C[C@H]3C[C@H]4C[C@H]5CC(=O)[C@]4(C[C@H]3[C@@H]2C[C@H]1C)C(=O)O5. The normalized spacial score (nSPS) is 48.7. The van der Waals surface area contributed by atoms with Crippen LogP contribution in [0, 0.1) is 46.8 Å². The minimum atomic E-state index is -0.901. The van der Waals surface area contributed by atoms with Crippen LogP contribution in [0.4, 0.5) is 0 Å². The van der Waals surface area contributed by atoms with Gasteiger partial charge in [-0.05, 0) is 55.3 Å². The third-order valence-electron chi connectivity index (χ3n) is 8.39. The summed E-state index contributed by atoms with van der Waals surface area (Å²) in [6.45, 7) is 5.89. The summed E-state index contributed by atoms with van der Waals surface area (Å²) in [5.74, 6) is 1.28. The van der Waals surface area contributed by atoms with E-state index in [1.165, 1.54) is 0 Å². The second kappa shape index (κ2) is 6.17. The molecule has 5 heteroatoms. The number of rotatable bonds is 2. The van der Waals surface area contributed by atoms with Gasteiger partial charge in [-0.15, -0.1) is 0 Å². The van der Waals surface area contributed by atoms with Gasteiger partial charge in [0, 0.05) is 12.3 Å². The van der Waals surface area contributed by atoms with Crippen LogP contribution in [0.5, 0.6) is 0 Å². The summed E-state index contributed by atoms with van der Waals surface area (Å²) in [6.07, 6.45) is 8.02. The van der Waals surface area contributed by atoms with Crippen LogP contribution in [-0.4, -0.2) is 29.9 Å². The molecule has 5 fully saturated rings. The standard InChI is InChI=1S/C23H30O5/c1-11(2)21(25)28-20-12(3)6-17-16(20)5-4-13-7-14-8-15-9-19(24)23(14,10-18(13)17)22(26)27-15/h4-5,11-18,20H,6-10H2,1-3H3/t12-,13+,14+,15+,16-,17-,18-,20-,23-/m1/s1. The quantitative estimate of drug-likeness (QED) is 0.414. The Morgan fingerprint density at radius 2 is 1.96 bits per heavy atom. The van der Waals surface area contributed by atoms with Gasteiger partial charge in [-0.2, -0.15) is 0 Å². The number of hydrogen-bond donors (Lipinski definition) is 0. The third kappa shape index (κ3) is 2.40. The zero-order valence-electron chi connectivity index (χ0n) is 16.9. The van der Waals surface area contributed by atoms with E-state index >= 15 is 0 Å². The number of Topliss-reactive ketones (excluding diaryl/α,β-unsaturated/α-hetero) is 1. The zero-order valence-corrected chi connectivity index (χ0v) is 16.9. The second-order valence-electron chi connectivity index (χ2n) is 10.2. The molecule has 6 aliphatic rings. The highest BCUT2D eigenvalue weighted by Gasteiger charge is 2.66. The van der Waals surface area contributed by atoms with Crippen LogP contribution in [-0.2, 0) is 23.9 Å². The summed E-state index contributed by atoms with van der Waals surface area (Å²) in [4.78, 5) is 38.0. The van der Waals surface area contributed by atoms with Crippen molar-refractivity contribution >= 4 is 17.7 Å². The highest BCUT2D eigenvalue weighted by atomic mass is 16.6. The number of carbonyl (C=O) groups is 3.